The molecule has 5 rings (SSSR count). The van der Waals surface area contributed by atoms with E-state index in [-0.39, 0.29) is 55.4 Å². The minimum absolute atomic E-state index is 0. The Morgan fingerprint density at radius 3 is 2.23 bits per heavy atom. The molecule has 2 aliphatic rings. The first kappa shape index (κ1) is 39.9. The SMILES string of the molecule is CC[C@@H]1CCCN1Cc1cc(NC(=O)c2ccc(N3CCN(CC(=O)O)CC3)cc2)ncc1-c1ccc(OC(F)(F)F)cc1.Cl.Cl.Cl. The van der Waals surface area contributed by atoms with Gasteiger partial charge in [-0.15, -0.1) is 50.4 Å². The van der Waals surface area contributed by atoms with E-state index >= 15 is 0 Å². The third kappa shape index (κ3) is 10.9. The van der Waals surface area contributed by atoms with Crippen LogP contribution in [0.3, 0.4) is 0 Å². The molecule has 9 nitrogen and oxygen atoms in total. The fourth-order valence-electron chi connectivity index (χ4n) is 5.94. The fraction of sp³-hybridized carbons (Fsp3) is 0.406. The maximum absolute atomic E-state index is 13.2. The number of anilines is 2. The number of hydrogen-bond acceptors (Lipinski definition) is 7. The number of aromatic nitrogens is 1. The molecular weight excluding hydrogens is 682 g/mol. The number of carboxylic acids is 1. The highest BCUT2D eigenvalue weighted by Gasteiger charge is 2.31. The van der Waals surface area contributed by atoms with E-state index in [2.05, 4.69) is 31.8 Å². The predicted octanol–water partition coefficient (Wildman–Crippen LogP) is 6.75. The quantitative estimate of drug-likeness (QED) is 0.238. The number of carbonyl (C=O) groups is 2. The van der Waals surface area contributed by atoms with Gasteiger partial charge in [0.1, 0.15) is 11.6 Å². The van der Waals surface area contributed by atoms with Gasteiger partial charge in [-0.05, 0) is 79.4 Å². The molecule has 3 heterocycles. The van der Waals surface area contributed by atoms with Crippen molar-refractivity contribution >= 4 is 60.6 Å². The number of hydrogen-bond donors (Lipinski definition) is 2. The van der Waals surface area contributed by atoms with Crippen LogP contribution in [0.25, 0.3) is 11.1 Å². The molecule has 3 aromatic rings. The summed E-state index contributed by atoms with van der Waals surface area (Å²) in [5.41, 5.74) is 3.82. The Bertz CT molecular complexity index is 1460. The number of rotatable bonds is 10. The van der Waals surface area contributed by atoms with Crippen LogP contribution in [0.5, 0.6) is 5.75 Å². The Morgan fingerprint density at radius 1 is 0.979 bits per heavy atom. The summed E-state index contributed by atoms with van der Waals surface area (Å²) in [5, 5.41) is 11.9. The van der Waals surface area contributed by atoms with E-state index in [4.69, 9.17) is 5.11 Å². The van der Waals surface area contributed by atoms with Crippen LogP contribution in [0.1, 0.15) is 42.1 Å². The van der Waals surface area contributed by atoms with Gasteiger partial charge in [0.2, 0.25) is 0 Å². The Balaban J connectivity index is 0.00000256. The first-order valence-corrected chi connectivity index (χ1v) is 14.8. The number of nitrogens with zero attached hydrogens (tertiary/aromatic N) is 4. The number of alkyl halides is 3. The van der Waals surface area contributed by atoms with Crippen molar-refractivity contribution < 1.29 is 32.6 Å². The second-order valence-electron chi connectivity index (χ2n) is 11.1. The Hall–Kier alpha value is -3.29. The molecule has 0 radical (unpaired) electrons. The molecule has 2 aliphatic heterocycles. The van der Waals surface area contributed by atoms with Crippen LogP contribution < -0.4 is 15.0 Å². The molecule has 258 valence electrons. The van der Waals surface area contributed by atoms with Crippen LogP contribution in [0.15, 0.2) is 60.8 Å². The number of carboxylic acid groups (broad SMARTS) is 1. The van der Waals surface area contributed by atoms with Gasteiger partial charge in [-0.1, -0.05) is 19.1 Å². The fourth-order valence-corrected chi connectivity index (χ4v) is 5.94. The number of aliphatic carboxylic acids is 1. The van der Waals surface area contributed by atoms with Gasteiger partial charge in [0.05, 0.1) is 6.54 Å². The lowest BCUT2D eigenvalue weighted by Crippen LogP contribution is -2.47. The van der Waals surface area contributed by atoms with E-state index in [1.165, 1.54) is 12.1 Å². The van der Waals surface area contributed by atoms with Crippen LogP contribution >= 0.6 is 37.2 Å². The van der Waals surface area contributed by atoms with E-state index < -0.39 is 12.3 Å². The van der Waals surface area contributed by atoms with E-state index in [0.29, 0.717) is 55.7 Å². The summed E-state index contributed by atoms with van der Waals surface area (Å²) in [6.07, 6.45) is 0.104. The average molecular weight is 721 g/mol. The number of benzene rings is 2. The lowest BCUT2D eigenvalue weighted by Gasteiger charge is -2.35. The molecule has 1 amide bonds. The maximum Gasteiger partial charge on any atom is 0.573 e. The number of halogens is 6. The molecule has 0 spiro atoms. The summed E-state index contributed by atoms with van der Waals surface area (Å²) >= 11 is 0. The van der Waals surface area contributed by atoms with Crippen molar-refractivity contribution in [3.05, 3.63) is 71.9 Å². The number of carbonyl (C=O) groups excluding carboxylic acids is 1. The number of piperazine rings is 1. The van der Waals surface area contributed by atoms with Crippen molar-refractivity contribution in [2.24, 2.45) is 0 Å². The molecule has 1 atom stereocenters. The predicted molar refractivity (Wildman–Crippen MR) is 183 cm³/mol. The van der Waals surface area contributed by atoms with Crippen LogP contribution in [0.2, 0.25) is 0 Å². The molecule has 0 unspecified atom stereocenters. The van der Waals surface area contributed by atoms with Gasteiger partial charge in [0.15, 0.2) is 0 Å². The van der Waals surface area contributed by atoms with Crippen molar-refractivity contribution in [1.82, 2.24) is 14.8 Å². The van der Waals surface area contributed by atoms with E-state index in [1.807, 2.05) is 23.1 Å². The summed E-state index contributed by atoms with van der Waals surface area (Å²) < 4.78 is 42.0. The lowest BCUT2D eigenvalue weighted by atomic mass is 10.0. The van der Waals surface area contributed by atoms with Gasteiger partial charge >= 0.3 is 12.3 Å². The smallest absolute Gasteiger partial charge is 0.480 e. The molecule has 2 N–H and O–H groups in total. The molecule has 2 aromatic carbocycles. The largest absolute Gasteiger partial charge is 0.573 e. The molecule has 1 aromatic heterocycles. The third-order valence-corrected chi connectivity index (χ3v) is 8.20. The molecule has 0 aliphatic carbocycles. The van der Waals surface area contributed by atoms with Gasteiger partial charge in [-0.3, -0.25) is 19.4 Å². The summed E-state index contributed by atoms with van der Waals surface area (Å²) in [6.45, 7) is 6.46. The zero-order valence-corrected chi connectivity index (χ0v) is 28.2. The minimum atomic E-state index is -4.77. The number of amides is 1. The normalized spacial score (nSPS) is 16.8. The average Bonchev–Trinajstić information content (AvgIpc) is 3.44. The molecular formula is C32H39Cl3F3N5O4. The Labute approximate surface area is 290 Å². The highest BCUT2D eigenvalue weighted by molar-refractivity contribution is 6.04. The first-order chi connectivity index (χ1) is 21.1. The second-order valence-corrected chi connectivity index (χ2v) is 11.1. The van der Waals surface area contributed by atoms with Gasteiger partial charge in [-0.25, -0.2) is 4.98 Å². The zero-order chi connectivity index (χ0) is 31.3. The van der Waals surface area contributed by atoms with Crippen molar-refractivity contribution in [3.8, 4) is 16.9 Å². The number of likely N-dealkylation sites (tertiary alicyclic amines) is 1. The topological polar surface area (TPSA) is 98.2 Å². The van der Waals surface area contributed by atoms with E-state index in [0.717, 1.165) is 42.6 Å². The highest BCUT2D eigenvalue weighted by Crippen LogP contribution is 2.32. The molecule has 47 heavy (non-hydrogen) atoms. The van der Waals surface area contributed by atoms with Crippen molar-refractivity contribution in [1.29, 1.82) is 0 Å². The molecule has 2 saturated heterocycles. The zero-order valence-electron chi connectivity index (χ0n) is 25.7. The number of pyridine rings is 1. The summed E-state index contributed by atoms with van der Waals surface area (Å²) in [6, 6.07) is 15.3. The Morgan fingerprint density at radius 2 is 1.64 bits per heavy atom. The maximum atomic E-state index is 13.2. The minimum Gasteiger partial charge on any atom is -0.480 e. The van der Waals surface area contributed by atoms with E-state index in [9.17, 15) is 22.8 Å². The highest BCUT2D eigenvalue weighted by atomic mass is 35.5. The lowest BCUT2D eigenvalue weighted by molar-refractivity contribution is -0.274. The Kier molecular flexibility index (Phi) is 15.1. The van der Waals surface area contributed by atoms with Gasteiger partial charge in [-0.2, -0.15) is 0 Å². The molecule has 15 heteroatoms. The molecule has 0 saturated carbocycles. The summed E-state index contributed by atoms with van der Waals surface area (Å²) in [7, 11) is 0. The standard InChI is InChI=1S/C32H36F3N5O4.3ClH/c1-2-25-4-3-13-40(25)20-24-18-29(36-19-28(24)22-7-11-27(12-8-22)44-32(33,34)35)37-31(43)23-5-9-26(10-6-23)39-16-14-38(15-17-39)21-30(41)42;;;/h5-12,18-19,25H,2-4,13-17,20-21H2,1H3,(H,41,42)(H,36,37,43);3*1H/t25-;;;/m1.../s1. The third-order valence-electron chi connectivity index (χ3n) is 8.20. The van der Waals surface area contributed by atoms with Gasteiger partial charge < -0.3 is 20.1 Å². The van der Waals surface area contributed by atoms with Crippen molar-refractivity contribution in [3.63, 3.8) is 0 Å². The van der Waals surface area contributed by atoms with E-state index in [1.54, 1.807) is 30.5 Å². The van der Waals surface area contributed by atoms with Crippen molar-refractivity contribution in [2.75, 3.05) is 49.5 Å². The van der Waals surface area contributed by atoms with Gasteiger partial charge in [0, 0.05) is 61.8 Å². The van der Waals surface area contributed by atoms with Gasteiger partial charge in [0.25, 0.3) is 5.91 Å². The summed E-state index contributed by atoms with van der Waals surface area (Å²) in [4.78, 5) is 35.1. The monoisotopic (exact) mass is 719 g/mol. The summed E-state index contributed by atoms with van der Waals surface area (Å²) in [5.74, 6) is -1.05. The van der Waals surface area contributed by atoms with Crippen LogP contribution in [0.4, 0.5) is 24.7 Å². The van der Waals surface area contributed by atoms with Crippen LogP contribution in [-0.4, -0.2) is 83.4 Å². The van der Waals surface area contributed by atoms with Crippen molar-refractivity contribution in [2.45, 2.75) is 45.1 Å². The number of ether oxygens (including phenoxy) is 1. The molecule has 2 fully saturated rings. The number of nitrogens with one attached hydrogen (secondary N) is 1. The first-order valence-electron chi connectivity index (χ1n) is 14.8. The van der Waals surface area contributed by atoms with Crippen LogP contribution in [-0.2, 0) is 11.3 Å². The second kappa shape index (κ2) is 17.7. The molecule has 0 bridgehead atoms. The van der Waals surface area contributed by atoms with Crippen LogP contribution in [0, 0.1) is 0 Å².